The van der Waals surface area contributed by atoms with Crippen molar-refractivity contribution in [2.45, 2.75) is 83.9 Å². The minimum absolute atomic E-state index is 0.0117. The molecule has 0 heterocycles. The molecule has 1 amide bonds. The van der Waals surface area contributed by atoms with Gasteiger partial charge < -0.3 is 15.5 Å². The lowest BCUT2D eigenvalue weighted by Crippen LogP contribution is -2.54. The number of hydrogen-bond donors (Lipinski definition) is 3. The van der Waals surface area contributed by atoms with E-state index in [-0.39, 0.29) is 40.7 Å². The molecule has 4 fully saturated rings. The lowest BCUT2D eigenvalue weighted by molar-refractivity contribution is -0.174. The van der Waals surface area contributed by atoms with Crippen molar-refractivity contribution in [2.75, 3.05) is 13.2 Å². The highest BCUT2D eigenvalue weighted by atomic mass is 19.4. The van der Waals surface area contributed by atoms with Crippen LogP contribution in [0.3, 0.4) is 0 Å². The molecule has 0 saturated heterocycles. The number of alkyl halides is 3. The second-order valence-corrected chi connectivity index (χ2v) is 10.9. The molecule has 4 nitrogen and oxygen atoms in total. The average molecular weight is 418 g/mol. The normalized spacial score (nSPS) is 49.3. The van der Waals surface area contributed by atoms with E-state index in [0.717, 1.165) is 44.9 Å². The van der Waals surface area contributed by atoms with Crippen molar-refractivity contribution in [2.24, 2.45) is 33.5 Å². The summed E-state index contributed by atoms with van der Waals surface area (Å²) in [5.74, 6) is -1.60. The molecule has 0 aromatic rings. The molecule has 0 bridgehead atoms. The number of aliphatic hydroxyl groups excluding tert-OH is 2. The highest BCUT2D eigenvalue weighted by Crippen LogP contribution is 2.85. The van der Waals surface area contributed by atoms with Gasteiger partial charge in [-0.3, -0.25) is 4.79 Å². The summed E-state index contributed by atoms with van der Waals surface area (Å²) in [6.45, 7) is 4.52. The lowest BCUT2D eigenvalue weighted by atomic mass is 9.49. The van der Waals surface area contributed by atoms with E-state index in [2.05, 4.69) is 19.2 Å². The standard InChI is InChI=1S/C22H34F3NO3/c1-18-6-3-4-16(18)20(13-26-17(29)22(23,24)25)12-21(20,9-8-18)19(2)7-5-15(28)10-14(19)11-27/h14-16,27-28H,3-13H2,1-2H3,(H,26,29)/t14-,15+,16-,18+,19+,20+,21+/m1/s1. The molecule has 0 aromatic carbocycles. The number of carbonyl (C=O) groups is 1. The van der Waals surface area contributed by atoms with Gasteiger partial charge in [-0.2, -0.15) is 13.2 Å². The maximum absolute atomic E-state index is 12.9. The Hall–Kier alpha value is -0.820. The van der Waals surface area contributed by atoms with Crippen LogP contribution in [0.25, 0.3) is 0 Å². The second kappa shape index (κ2) is 6.59. The summed E-state index contributed by atoms with van der Waals surface area (Å²) in [6.07, 6.45) is 2.70. The third-order valence-corrected chi connectivity index (χ3v) is 9.91. The van der Waals surface area contributed by atoms with Crippen molar-refractivity contribution >= 4 is 5.91 Å². The van der Waals surface area contributed by atoms with E-state index >= 15 is 0 Å². The van der Waals surface area contributed by atoms with Crippen LogP contribution >= 0.6 is 0 Å². The number of amides is 1. The highest BCUT2D eigenvalue weighted by molar-refractivity contribution is 5.81. The molecule has 166 valence electrons. The summed E-state index contributed by atoms with van der Waals surface area (Å²) in [7, 11) is 0. The fraction of sp³-hybridized carbons (Fsp3) is 0.955. The Morgan fingerprint density at radius 2 is 1.86 bits per heavy atom. The van der Waals surface area contributed by atoms with E-state index in [1.165, 1.54) is 0 Å². The van der Waals surface area contributed by atoms with E-state index in [1.807, 2.05) is 0 Å². The Kier molecular flexibility index (Phi) is 4.86. The Bertz CT molecular complexity index is 685. The van der Waals surface area contributed by atoms with Crippen molar-refractivity contribution < 1.29 is 28.2 Å². The summed E-state index contributed by atoms with van der Waals surface area (Å²) < 4.78 is 38.7. The highest BCUT2D eigenvalue weighted by Gasteiger charge is 2.80. The number of rotatable bonds is 4. The zero-order valence-electron chi connectivity index (χ0n) is 17.4. The van der Waals surface area contributed by atoms with Crippen molar-refractivity contribution in [1.29, 1.82) is 0 Å². The van der Waals surface area contributed by atoms with Gasteiger partial charge in [0.15, 0.2) is 0 Å². The van der Waals surface area contributed by atoms with Gasteiger partial charge in [0.2, 0.25) is 0 Å². The SMILES string of the molecule is C[C@@]12CCC[C@H]1[C@@]1(CNC(=O)C(F)(F)F)C[C@]1([C@@]1(C)CC[C@H](O)C[C@@H]1CO)CC2. The van der Waals surface area contributed by atoms with Crippen LogP contribution in [0, 0.1) is 33.5 Å². The number of carbonyl (C=O) groups excluding carboxylic acids is 1. The Morgan fingerprint density at radius 1 is 1.14 bits per heavy atom. The molecule has 0 radical (unpaired) electrons. The fourth-order valence-electron chi connectivity index (χ4n) is 8.29. The van der Waals surface area contributed by atoms with Crippen LogP contribution in [-0.2, 0) is 4.79 Å². The number of halogens is 3. The van der Waals surface area contributed by atoms with E-state index < -0.39 is 18.2 Å². The molecular formula is C22H34F3NO3. The van der Waals surface area contributed by atoms with Gasteiger partial charge in [-0.15, -0.1) is 0 Å². The fourth-order valence-corrected chi connectivity index (χ4v) is 8.29. The summed E-state index contributed by atoms with van der Waals surface area (Å²) in [5.41, 5.74) is -0.598. The van der Waals surface area contributed by atoms with E-state index in [0.29, 0.717) is 18.8 Å². The largest absolute Gasteiger partial charge is 0.471 e. The molecule has 0 aromatic heterocycles. The second-order valence-electron chi connectivity index (χ2n) is 10.9. The number of aliphatic hydroxyl groups is 2. The molecule has 4 rings (SSSR count). The van der Waals surface area contributed by atoms with Crippen LogP contribution in [0.2, 0.25) is 0 Å². The first-order chi connectivity index (χ1) is 13.4. The number of fused-ring (bicyclic) bond motifs is 3. The van der Waals surface area contributed by atoms with E-state index in [1.54, 1.807) is 0 Å². The van der Waals surface area contributed by atoms with Gasteiger partial charge in [0.25, 0.3) is 0 Å². The maximum Gasteiger partial charge on any atom is 0.471 e. The van der Waals surface area contributed by atoms with Crippen LogP contribution in [0.4, 0.5) is 13.2 Å². The smallest absolute Gasteiger partial charge is 0.396 e. The minimum atomic E-state index is -4.87. The van der Waals surface area contributed by atoms with Gasteiger partial charge in [0.1, 0.15) is 0 Å². The molecule has 0 spiro atoms. The number of hydrogen-bond acceptors (Lipinski definition) is 3. The molecule has 7 atom stereocenters. The van der Waals surface area contributed by atoms with Gasteiger partial charge in [-0.1, -0.05) is 20.3 Å². The van der Waals surface area contributed by atoms with Crippen LogP contribution < -0.4 is 5.32 Å². The van der Waals surface area contributed by atoms with Gasteiger partial charge in [0.05, 0.1) is 6.10 Å². The first kappa shape index (κ1) is 21.4. The van der Waals surface area contributed by atoms with Gasteiger partial charge in [0, 0.05) is 13.2 Å². The average Bonchev–Trinajstić information content (AvgIpc) is 3.19. The predicted molar refractivity (Wildman–Crippen MR) is 102 cm³/mol. The van der Waals surface area contributed by atoms with E-state index in [9.17, 15) is 28.2 Å². The first-order valence-electron chi connectivity index (χ1n) is 11.1. The molecule has 4 saturated carbocycles. The van der Waals surface area contributed by atoms with Crippen molar-refractivity contribution in [3.8, 4) is 0 Å². The molecule has 3 N–H and O–H groups in total. The molecular weight excluding hydrogens is 383 g/mol. The zero-order valence-corrected chi connectivity index (χ0v) is 17.4. The first-order valence-corrected chi connectivity index (χ1v) is 11.1. The third-order valence-electron chi connectivity index (χ3n) is 9.91. The van der Waals surface area contributed by atoms with Crippen LogP contribution in [-0.4, -0.2) is 41.6 Å². The van der Waals surface area contributed by atoms with Crippen LogP contribution in [0.1, 0.15) is 71.6 Å². The summed E-state index contributed by atoms with van der Waals surface area (Å²) >= 11 is 0. The molecule has 4 aliphatic rings. The van der Waals surface area contributed by atoms with Gasteiger partial charge >= 0.3 is 12.1 Å². The molecule has 29 heavy (non-hydrogen) atoms. The van der Waals surface area contributed by atoms with Crippen LogP contribution in [0.15, 0.2) is 0 Å². The van der Waals surface area contributed by atoms with Gasteiger partial charge in [-0.05, 0) is 84.9 Å². The Balaban J connectivity index is 1.68. The summed E-state index contributed by atoms with van der Waals surface area (Å²) in [4.78, 5) is 11.7. The van der Waals surface area contributed by atoms with Crippen molar-refractivity contribution in [3.63, 3.8) is 0 Å². The summed E-state index contributed by atoms with van der Waals surface area (Å²) in [6, 6.07) is 0. The van der Waals surface area contributed by atoms with E-state index in [4.69, 9.17) is 0 Å². The lowest BCUT2D eigenvalue weighted by Gasteiger charge is -2.56. The quantitative estimate of drug-likeness (QED) is 0.652. The van der Waals surface area contributed by atoms with Crippen molar-refractivity contribution in [3.05, 3.63) is 0 Å². The molecule has 0 aliphatic heterocycles. The minimum Gasteiger partial charge on any atom is -0.396 e. The van der Waals surface area contributed by atoms with Crippen LogP contribution in [0.5, 0.6) is 0 Å². The molecule has 4 aliphatic carbocycles. The Morgan fingerprint density at radius 3 is 2.52 bits per heavy atom. The molecule has 0 unspecified atom stereocenters. The maximum atomic E-state index is 12.9. The van der Waals surface area contributed by atoms with Crippen molar-refractivity contribution in [1.82, 2.24) is 5.32 Å². The summed E-state index contributed by atoms with van der Waals surface area (Å²) in [5, 5.41) is 22.5. The topological polar surface area (TPSA) is 69.6 Å². The third kappa shape index (κ3) is 2.89. The predicted octanol–water partition coefficient (Wildman–Crippen LogP) is 3.80. The zero-order chi connectivity index (χ0) is 21.3. The molecule has 7 heteroatoms. The monoisotopic (exact) mass is 417 g/mol. The Labute approximate surface area is 170 Å². The van der Waals surface area contributed by atoms with Gasteiger partial charge in [-0.25, -0.2) is 0 Å². The number of nitrogens with one attached hydrogen (secondary N) is 1.